The molecule has 0 saturated heterocycles. The maximum atomic E-state index is 5.21. The van der Waals surface area contributed by atoms with Gasteiger partial charge >= 0.3 is 0 Å². The standard InChI is InChI=1S/C18H16N4OS/c1-23-16-7-5-15(6-8-16)21-18(24)22-20-12-13-4-9-17-14(11-13)3-2-10-19-17/h2-12H,1H3,(H2,21,22,24). The predicted molar refractivity (Wildman–Crippen MR) is 102 cm³/mol. The summed E-state index contributed by atoms with van der Waals surface area (Å²) in [6.45, 7) is 0. The summed E-state index contributed by atoms with van der Waals surface area (Å²) in [6.07, 6.45) is 3.50. The number of benzene rings is 2. The minimum Gasteiger partial charge on any atom is -0.497 e. The normalized spacial score (nSPS) is 10.7. The van der Waals surface area contributed by atoms with E-state index in [0.29, 0.717) is 5.11 Å². The Kier molecular flexibility index (Phi) is 4.98. The monoisotopic (exact) mass is 336 g/mol. The molecule has 0 spiro atoms. The van der Waals surface area contributed by atoms with E-state index in [-0.39, 0.29) is 0 Å². The number of anilines is 1. The second kappa shape index (κ2) is 7.52. The van der Waals surface area contributed by atoms with Crippen molar-refractivity contribution in [2.24, 2.45) is 5.10 Å². The Balaban J connectivity index is 1.58. The SMILES string of the molecule is COc1ccc(NC(=S)NN=Cc2ccc3ncccc3c2)cc1. The largest absolute Gasteiger partial charge is 0.497 e. The van der Waals surface area contributed by atoms with Crippen LogP contribution in [-0.4, -0.2) is 23.4 Å². The first-order valence-corrected chi connectivity index (χ1v) is 7.74. The molecule has 0 aliphatic rings. The number of thiocarbonyl (C=S) groups is 1. The zero-order valence-electron chi connectivity index (χ0n) is 13.1. The highest BCUT2D eigenvalue weighted by Gasteiger charge is 1.98. The van der Waals surface area contributed by atoms with E-state index in [1.54, 1.807) is 19.5 Å². The topological polar surface area (TPSA) is 58.5 Å². The zero-order chi connectivity index (χ0) is 16.8. The Morgan fingerprint density at radius 3 is 2.79 bits per heavy atom. The van der Waals surface area contributed by atoms with Crippen molar-refractivity contribution >= 4 is 40.1 Å². The molecule has 2 N–H and O–H groups in total. The molecular weight excluding hydrogens is 320 g/mol. The number of rotatable bonds is 4. The second-order valence-electron chi connectivity index (χ2n) is 5.01. The van der Waals surface area contributed by atoms with Gasteiger partial charge in [-0.3, -0.25) is 10.4 Å². The molecule has 120 valence electrons. The lowest BCUT2D eigenvalue weighted by atomic mass is 10.1. The number of aromatic nitrogens is 1. The van der Waals surface area contributed by atoms with Crippen molar-refractivity contribution in [3.8, 4) is 5.75 Å². The third-order valence-electron chi connectivity index (χ3n) is 3.35. The van der Waals surface area contributed by atoms with E-state index < -0.39 is 0 Å². The summed E-state index contributed by atoms with van der Waals surface area (Å²) >= 11 is 5.21. The fraction of sp³-hybridized carbons (Fsp3) is 0.0556. The van der Waals surface area contributed by atoms with Gasteiger partial charge in [0.2, 0.25) is 0 Å². The average Bonchev–Trinajstić information content (AvgIpc) is 2.62. The number of pyridine rings is 1. The number of fused-ring (bicyclic) bond motifs is 1. The molecule has 1 aromatic heterocycles. The fourth-order valence-corrected chi connectivity index (χ4v) is 2.34. The lowest BCUT2D eigenvalue weighted by Gasteiger charge is -2.07. The summed E-state index contributed by atoms with van der Waals surface area (Å²) in [6, 6.07) is 17.4. The molecule has 0 bridgehead atoms. The minimum atomic E-state index is 0.416. The van der Waals surface area contributed by atoms with Gasteiger partial charge in [-0.25, -0.2) is 0 Å². The Labute approximate surface area is 145 Å². The third kappa shape index (κ3) is 4.05. The molecule has 3 aromatic rings. The Bertz CT molecular complexity index is 878. The molecule has 0 aliphatic heterocycles. The zero-order valence-corrected chi connectivity index (χ0v) is 13.9. The lowest BCUT2D eigenvalue weighted by Crippen LogP contribution is -2.23. The van der Waals surface area contributed by atoms with E-state index in [1.807, 2.05) is 54.6 Å². The lowest BCUT2D eigenvalue weighted by molar-refractivity contribution is 0.415. The van der Waals surface area contributed by atoms with Crippen molar-refractivity contribution in [1.29, 1.82) is 0 Å². The average molecular weight is 336 g/mol. The van der Waals surface area contributed by atoms with Gasteiger partial charge in [0.1, 0.15) is 5.75 Å². The molecule has 1 heterocycles. The number of nitrogens with zero attached hydrogens (tertiary/aromatic N) is 2. The maximum Gasteiger partial charge on any atom is 0.191 e. The first-order valence-electron chi connectivity index (χ1n) is 7.33. The fourth-order valence-electron chi connectivity index (χ4n) is 2.17. The van der Waals surface area contributed by atoms with Crippen molar-refractivity contribution in [2.75, 3.05) is 12.4 Å². The van der Waals surface area contributed by atoms with E-state index in [1.165, 1.54) is 0 Å². The van der Waals surface area contributed by atoms with E-state index in [0.717, 1.165) is 27.9 Å². The molecule has 0 aliphatic carbocycles. The predicted octanol–water partition coefficient (Wildman–Crippen LogP) is 3.56. The highest BCUT2D eigenvalue weighted by molar-refractivity contribution is 7.80. The molecule has 0 unspecified atom stereocenters. The van der Waals surface area contributed by atoms with Crippen molar-refractivity contribution in [3.63, 3.8) is 0 Å². The van der Waals surface area contributed by atoms with Gasteiger partial charge in [-0.1, -0.05) is 12.1 Å². The Hall–Kier alpha value is -2.99. The van der Waals surface area contributed by atoms with Gasteiger partial charge < -0.3 is 10.1 Å². The van der Waals surface area contributed by atoms with Crippen LogP contribution in [0.15, 0.2) is 65.9 Å². The Morgan fingerprint density at radius 2 is 2.00 bits per heavy atom. The summed E-state index contributed by atoms with van der Waals surface area (Å²) < 4.78 is 5.11. The van der Waals surface area contributed by atoms with Crippen LogP contribution in [0.2, 0.25) is 0 Å². The molecule has 0 saturated carbocycles. The number of ether oxygens (including phenoxy) is 1. The van der Waals surface area contributed by atoms with Crippen LogP contribution >= 0.6 is 12.2 Å². The van der Waals surface area contributed by atoms with Crippen molar-refractivity contribution < 1.29 is 4.74 Å². The van der Waals surface area contributed by atoms with Crippen molar-refractivity contribution in [2.45, 2.75) is 0 Å². The number of methoxy groups -OCH3 is 1. The second-order valence-corrected chi connectivity index (χ2v) is 5.42. The summed E-state index contributed by atoms with van der Waals surface area (Å²) in [7, 11) is 1.63. The molecule has 5 nitrogen and oxygen atoms in total. The van der Waals surface area contributed by atoms with Crippen LogP contribution in [-0.2, 0) is 0 Å². The van der Waals surface area contributed by atoms with Crippen LogP contribution in [0, 0.1) is 0 Å². The highest BCUT2D eigenvalue weighted by Crippen LogP contribution is 2.15. The van der Waals surface area contributed by atoms with Gasteiger partial charge in [-0.15, -0.1) is 0 Å². The van der Waals surface area contributed by atoms with Crippen LogP contribution in [0.25, 0.3) is 10.9 Å². The third-order valence-corrected chi connectivity index (χ3v) is 3.55. The number of hydrogen-bond donors (Lipinski definition) is 2. The quantitative estimate of drug-likeness (QED) is 0.433. The first kappa shape index (κ1) is 15.9. The number of nitrogens with one attached hydrogen (secondary N) is 2. The van der Waals surface area contributed by atoms with Gasteiger partial charge in [0.25, 0.3) is 0 Å². The molecule has 6 heteroatoms. The van der Waals surface area contributed by atoms with E-state index in [2.05, 4.69) is 20.8 Å². The van der Waals surface area contributed by atoms with Gasteiger partial charge in [0.15, 0.2) is 5.11 Å². The molecule has 24 heavy (non-hydrogen) atoms. The molecule has 3 rings (SSSR count). The van der Waals surface area contributed by atoms with Gasteiger partial charge in [0, 0.05) is 17.3 Å². The van der Waals surface area contributed by atoms with Gasteiger partial charge in [-0.05, 0) is 60.2 Å². The van der Waals surface area contributed by atoms with Gasteiger partial charge in [0.05, 0.1) is 18.8 Å². The summed E-state index contributed by atoms with van der Waals surface area (Å²) in [4.78, 5) is 4.29. The minimum absolute atomic E-state index is 0.416. The summed E-state index contributed by atoms with van der Waals surface area (Å²) in [5, 5.41) is 8.69. The van der Waals surface area contributed by atoms with Crippen LogP contribution in [0.3, 0.4) is 0 Å². The first-order chi connectivity index (χ1) is 11.7. The van der Waals surface area contributed by atoms with Crippen molar-refractivity contribution in [3.05, 3.63) is 66.4 Å². The number of hydrogen-bond acceptors (Lipinski definition) is 4. The molecule has 0 atom stereocenters. The van der Waals surface area contributed by atoms with E-state index in [9.17, 15) is 0 Å². The number of hydrazone groups is 1. The smallest absolute Gasteiger partial charge is 0.191 e. The highest BCUT2D eigenvalue weighted by atomic mass is 32.1. The maximum absolute atomic E-state index is 5.21. The van der Waals surface area contributed by atoms with Gasteiger partial charge in [-0.2, -0.15) is 5.10 Å². The molecule has 0 amide bonds. The van der Waals surface area contributed by atoms with Crippen LogP contribution in [0.1, 0.15) is 5.56 Å². The molecule has 2 aromatic carbocycles. The van der Waals surface area contributed by atoms with Crippen LogP contribution < -0.4 is 15.5 Å². The van der Waals surface area contributed by atoms with Crippen LogP contribution in [0.4, 0.5) is 5.69 Å². The van der Waals surface area contributed by atoms with E-state index in [4.69, 9.17) is 17.0 Å². The van der Waals surface area contributed by atoms with Crippen LogP contribution in [0.5, 0.6) is 5.75 Å². The molecule has 0 radical (unpaired) electrons. The van der Waals surface area contributed by atoms with Crippen molar-refractivity contribution in [1.82, 2.24) is 10.4 Å². The summed E-state index contributed by atoms with van der Waals surface area (Å²) in [5.74, 6) is 0.795. The molecule has 0 fully saturated rings. The Morgan fingerprint density at radius 1 is 1.17 bits per heavy atom. The summed E-state index contributed by atoms with van der Waals surface area (Å²) in [5.41, 5.74) is 5.59. The molecular formula is C18H16N4OS. The van der Waals surface area contributed by atoms with E-state index >= 15 is 0 Å².